The lowest BCUT2D eigenvalue weighted by Crippen LogP contribution is -2.24. The normalized spacial score (nSPS) is 16.0. The van der Waals surface area contributed by atoms with Crippen LogP contribution in [0.5, 0.6) is 0 Å². The van der Waals surface area contributed by atoms with E-state index in [0.717, 1.165) is 41.5 Å². The molecular formula is C26H31F. The van der Waals surface area contributed by atoms with Crippen LogP contribution in [0.1, 0.15) is 56.1 Å². The van der Waals surface area contributed by atoms with E-state index in [1.165, 1.54) is 32.1 Å². The minimum atomic E-state index is -0.0409. The fourth-order valence-electron chi connectivity index (χ4n) is 4.67. The Kier molecular flexibility index (Phi) is 6.66. The van der Waals surface area contributed by atoms with Gasteiger partial charge in [0.15, 0.2) is 0 Å². The summed E-state index contributed by atoms with van der Waals surface area (Å²) in [5.41, 5.74) is 4.05. The molecule has 0 atom stereocenters. The zero-order valence-corrected chi connectivity index (χ0v) is 16.4. The third-order valence-corrected chi connectivity index (χ3v) is 6.17. The molecule has 1 fully saturated rings. The van der Waals surface area contributed by atoms with E-state index in [0.29, 0.717) is 11.8 Å². The lowest BCUT2D eigenvalue weighted by atomic mass is 9.68. The van der Waals surface area contributed by atoms with E-state index in [1.807, 2.05) is 24.3 Å². The first kappa shape index (κ1) is 19.6. The predicted octanol–water partition coefficient (Wildman–Crippen LogP) is 7.68. The number of hydrogen-bond donors (Lipinski definition) is 0. The van der Waals surface area contributed by atoms with E-state index in [-0.39, 0.29) is 5.82 Å². The van der Waals surface area contributed by atoms with Gasteiger partial charge in [0, 0.05) is 0 Å². The highest BCUT2D eigenvalue weighted by atomic mass is 19.1. The molecule has 0 bridgehead atoms. The molecule has 0 spiro atoms. The van der Waals surface area contributed by atoms with E-state index in [9.17, 15) is 0 Å². The number of halogens is 1. The average molecular weight is 363 g/mol. The van der Waals surface area contributed by atoms with Gasteiger partial charge in [0.25, 0.3) is 0 Å². The van der Waals surface area contributed by atoms with E-state index in [1.54, 1.807) is 6.08 Å². The first-order chi connectivity index (χ1) is 13.2. The van der Waals surface area contributed by atoms with Crippen LogP contribution in [0.4, 0.5) is 4.39 Å². The second-order valence-electron chi connectivity index (χ2n) is 7.98. The maximum atomic E-state index is 15.4. The summed E-state index contributed by atoms with van der Waals surface area (Å²) in [5, 5.41) is 0. The molecule has 1 aliphatic carbocycles. The smallest absolute Gasteiger partial charge is 0.130 e. The van der Waals surface area contributed by atoms with E-state index >= 15 is 4.39 Å². The van der Waals surface area contributed by atoms with Crippen LogP contribution in [-0.2, 0) is 12.8 Å². The minimum absolute atomic E-state index is 0.0409. The first-order valence-corrected chi connectivity index (χ1v) is 10.3. The predicted molar refractivity (Wildman–Crippen MR) is 114 cm³/mol. The van der Waals surface area contributed by atoms with Crippen molar-refractivity contribution in [3.63, 3.8) is 0 Å². The molecule has 1 saturated carbocycles. The Bertz CT molecular complexity index is 766. The van der Waals surface area contributed by atoms with Crippen molar-refractivity contribution in [2.24, 2.45) is 5.41 Å². The quantitative estimate of drug-likeness (QED) is 0.422. The molecule has 0 radical (unpaired) electrons. The van der Waals surface area contributed by atoms with Gasteiger partial charge in [-0.1, -0.05) is 73.9 Å². The van der Waals surface area contributed by atoms with Gasteiger partial charge >= 0.3 is 0 Å². The Morgan fingerprint density at radius 3 is 2.33 bits per heavy atom. The molecule has 0 nitrogen and oxygen atoms in total. The van der Waals surface area contributed by atoms with Gasteiger partial charge in [0.2, 0.25) is 0 Å². The zero-order chi connectivity index (χ0) is 19.1. The summed E-state index contributed by atoms with van der Waals surface area (Å²) in [4.78, 5) is 0. The molecule has 1 aliphatic rings. The lowest BCUT2D eigenvalue weighted by molar-refractivity contribution is 0.175. The van der Waals surface area contributed by atoms with Crippen LogP contribution in [-0.4, -0.2) is 0 Å². The van der Waals surface area contributed by atoms with Crippen molar-refractivity contribution >= 4 is 0 Å². The maximum absolute atomic E-state index is 15.4. The summed E-state index contributed by atoms with van der Waals surface area (Å²) in [7, 11) is 0. The molecule has 27 heavy (non-hydrogen) atoms. The highest BCUT2D eigenvalue weighted by molar-refractivity contribution is 5.68. The first-order valence-electron chi connectivity index (χ1n) is 10.3. The van der Waals surface area contributed by atoms with E-state index in [4.69, 9.17) is 0 Å². The molecule has 1 heteroatoms. The molecule has 0 heterocycles. The number of benzene rings is 2. The van der Waals surface area contributed by atoms with Crippen LogP contribution in [0.2, 0.25) is 0 Å². The topological polar surface area (TPSA) is 0 Å². The van der Waals surface area contributed by atoms with Crippen molar-refractivity contribution in [1.29, 1.82) is 0 Å². The van der Waals surface area contributed by atoms with Crippen LogP contribution < -0.4 is 0 Å². The molecule has 0 amide bonds. The highest BCUT2D eigenvalue weighted by Crippen LogP contribution is 2.44. The van der Waals surface area contributed by atoms with E-state index in [2.05, 4.69) is 37.4 Å². The summed E-state index contributed by atoms with van der Waals surface area (Å²) in [5.74, 6) is -0.0409. The molecule has 3 rings (SSSR count). The van der Waals surface area contributed by atoms with E-state index < -0.39 is 0 Å². The average Bonchev–Trinajstić information content (AvgIpc) is 2.70. The van der Waals surface area contributed by atoms with Gasteiger partial charge in [-0.25, -0.2) is 4.39 Å². The molecule has 0 aromatic heterocycles. The summed E-state index contributed by atoms with van der Waals surface area (Å²) in [6.07, 6.45) is 13.7. The van der Waals surface area contributed by atoms with Gasteiger partial charge < -0.3 is 0 Å². The minimum Gasteiger partial charge on any atom is -0.206 e. The third-order valence-electron chi connectivity index (χ3n) is 6.17. The molecule has 2 aromatic rings. The van der Waals surface area contributed by atoms with Crippen molar-refractivity contribution in [1.82, 2.24) is 0 Å². The number of rotatable bonds is 8. The third kappa shape index (κ3) is 4.58. The second-order valence-corrected chi connectivity index (χ2v) is 7.98. The second kappa shape index (κ2) is 9.17. The summed E-state index contributed by atoms with van der Waals surface area (Å²) < 4.78 is 15.4. The summed E-state index contributed by atoms with van der Waals surface area (Å²) in [6.45, 7) is 7.78. The Morgan fingerprint density at radius 2 is 1.67 bits per heavy atom. The van der Waals surface area contributed by atoms with Gasteiger partial charge in [-0.05, 0) is 66.2 Å². The molecule has 0 unspecified atom stereocenters. The van der Waals surface area contributed by atoms with Crippen LogP contribution in [0.3, 0.4) is 0 Å². The van der Waals surface area contributed by atoms with Crippen molar-refractivity contribution in [2.75, 3.05) is 0 Å². The van der Waals surface area contributed by atoms with Gasteiger partial charge in [-0.3, -0.25) is 0 Å². The Balaban J connectivity index is 1.95. The summed E-state index contributed by atoms with van der Waals surface area (Å²) >= 11 is 0. The van der Waals surface area contributed by atoms with Crippen LogP contribution >= 0.6 is 0 Å². The largest absolute Gasteiger partial charge is 0.206 e. The fraction of sp³-hybridized carbons (Fsp3) is 0.385. The lowest BCUT2D eigenvalue weighted by Gasteiger charge is -2.37. The van der Waals surface area contributed by atoms with Gasteiger partial charge in [-0.2, -0.15) is 0 Å². The van der Waals surface area contributed by atoms with Crippen molar-refractivity contribution in [2.45, 2.75) is 57.8 Å². The van der Waals surface area contributed by atoms with Crippen LogP contribution in [0, 0.1) is 11.2 Å². The Hall–Kier alpha value is -2.15. The Labute approximate surface area is 163 Å². The number of allylic oxidation sites excluding steroid dienone is 2. The van der Waals surface area contributed by atoms with Crippen molar-refractivity contribution < 1.29 is 4.39 Å². The number of hydrogen-bond acceptors (Lipinski definition) is 0. The molecule has 0 aliphatic heterocycles. The SMILES string of the molecule is C=CCc1ccc(-c2ccccc2)c(CCC2(CC=C)CCCCC2)c1F. The van der Waals surface area contributed by atoms with Crippen molar-refractivity contribution in [3.8, 4) is 11.1 Å². The zero-order valence-electron chi connectivity index (χ0n) is 16.4. The molecule has 0 N–H and O–H groups in total. The Morgan fingerprint density at radius 1 is 0.926 bits per heavy atom. The monoisotopic (exact) mass is 362 g/mol. The van der Waals surface area contributed by atoms with Gasteiger partial charge in [0.1, 0.15) is 5.82 Å². The molecule has 0 saturated heterocycles. The van der Waals surface area contributed by atoms with Crippen molar-refractivity contribution in [3.05, 3.63) is 84.7 Å². The van der Waals surface area contributed by atoms with Crippen LogP contribution in [0.25, 0.3) is 11.1 Å². The fourth-order valence-corrected chi connectivity index (χ4v) is 4.67. The standard InChI is InChI=1S/C26H31F/c1-3-11-22-14-15-23(21-12-7-5-8-13-21)24(25(22)27)16-20-26(17-4-2)18-9-6-10-19-26/h3-5,7-8,12-15H,1-2,6,9-11,16-20H2. The van der Waals surface area contributed by atoms with Gasteiger partial charge in [-0.15, -0.1) is 13.2 Å². The molecule has 2 aromatic carbocycles. The van der Waals surface area contributed by atoms with Gasteiger partial charge in [0.05, 0.1) is 0 Å². The molecule has 142 valence electrons. The summed E-state index contributed by atoms with van der Waals surface area (Å²) in [6, 6.07) is 14.2. The highest BCUT2D eigenvalue weighted by Gasteiger charge is 2.31. The van der Waals surface area contributed by atoms with Crippen LogP contribution in [0.15, 0.2) is 67.8 Å². The molecular weight excluding hydrogens is 331 g/mol. The maximum Gasteiger partial charge on any atom is 0.130 e.